The lowest BCUT2D eigenvalue weighted by molar-refractivity contribution is 0.366. The number of nitrogens with one attached hydrogen (secondary N) is 2. The number of aromatic nitrogens is 2. The van der Waals surface area contributed by atoms with Gasteiger partial charge < -0.3 is 5.32 Å². The molecule has 0 radical (unpaired) electrons. The first-order valence-corrected chi connectivity index (χ1v) is 5.61. The molecule has 0 aromatic carbocycles. The fourth-order valence-corrected chi connectivity index (χ4v) is 1.51. The van der Waals surface area contributed by atoms with Crippen LogP contribution in [-0.4, -0.2) is 16.7 Å². The lowest BCUT2D eigenvalue weighted by atomic mass is 9.92. The number of nitrogens with zero attached hydrogens (tertiary/aromatic N) is 1. The molecule has 1 heterocycles. The molecule has 86 valence electrons. The largest absolute Gasteiger partial charge is 0.313 e. The average molecular weight is 209 g/mol. The van der Waals surface area contributed by atoms with Gasteiger partial charge in [-0.05, 0) is 32.2 Å². The first-order chi connectivity index (χ1) is 6.90. The normalized spacial score (nSPS) is 12.1. The summed E-state index contributed by atoms with van der Waals surface area (Å²) in [5.74, 6) is 0. The van der Waals surface area contributed by atoms with Crippen molar-refractivity contribution in [3.8, 4) is 0 Å². The Labute approximate surface area is 92.7 Å². The molecule has 0 atom stereocenters. The number of aromatic amines is 1. The highest BCUT2D eigenvalue weighted by Crippen LogP contribution is 2.17. The van der Waals surface area contributed by atoms with Crippen LogP contribution in [0.3, 0.4) is 0 Å². The van der Waals surface area contributed by atoms with Gasteiger partial charge in [-0.3, -0.25) is 5.10 Å². The van der Waals surface area contributed by atoms with Gasteiger partial charge >= 0.3 is 0 Å². The molecule has 0 aliphatic carbocycles. The molecule has 0 saturated heterocycles. The van der Waals surface area contributed by atoms with Crippen molar-refractivity contribution in [2.45, 2.75) is 47.6 Å². The molecule has 2 N–H and O–H groups in total. The summed E-state index contributed by atoms with van der Waals surface area (Å²) in [5, 5.41) is 10.6. The summed E-state index contributed by atoms with van der Waals surface area (Å²) in [4.78, 5) is 0. The Hall–Kier alpha value is -0.830. The van der Waals surface area contributed by atoms with Gasteiger partial charge in [-0.15, -0.1) is 0 Å². The van der Waals surface area contributed by atoms with Crippen molar-refractivity contribution in [1.82, 2.24) is 15.5 Å². The van der Waals surface area contributed by atoms with Gasteiger partial charge in [0.2, 0.25) is 0 Å². The summed E-state index contributed by atoms with van der Waals surface area (Å²) in [5.41, 5.74) is 4.00. The Morgan fingerprint density at radius 1 is 1.27 bits per heavy atom. The molecular weight excluding hydrogens is 186 g/mol. The van der Waals surface area contributed by atoms with E-state index in [-0.39, 0.29) is 0 Å². The van der Waals surface area contributed by atoms with Crippen LogP contribution in [0.15, 0.2) is 0 Å². The highest BCUT2D eigenvalue weighted by Gasteiger charge is 2.10. The Bertz CT molecular complexity index is 288. The van der Waals surface area contributed by atoms with E-state index < -0.39 is 0 Å². The van der Waals surface area contributed by atoms with Crippen LogP contribution in [0.1, 0.15) is 44.1 Å². The molecule has 0 amide bonds. The van der Waals surface area contributed by atoms with E-state index in [0.29, 0.717) is 5.41 Å². The second-order valence-electron chi connectivity index (χ2n) is 5.40. The third kappa shape index (κ3) is 4.04. The van der Waals surface area contributed by atoms with Crippen molar-refractivity contribution in [1.29, 1.82) is 0 Å². The molecule has 0 spiro atoms. The summed E-state index contributed by atoms with van der Waals surface area (Å²) < 4.78 is 0. The number of hydrogen-bond donors (Lipinski definition) is 2. The number of hydrogen-bond acceptors (Lipinski definition) is 2. The minimum Gasteiger partial charge on any atom is -0.313 e. The first-order valence-electron chi connectivity index (χ1n) is 5.61. The topological polar surface area (TPSA) is 40.7 Å². The second-order valence-corrected chi connectivity index (χ2v) is 5.40. The molecule has 3 nitrogen and oxygen atoms in total. The van der Waals surface area contributed by atoms with E-state index in [9.17, 15) is 0 Å². The molecule has 0 aliphatic rings. The van der Waals surface area contributed by atoms with E-state index in [1.165, 1.54) is 17.7 Å². The van der Waals surface area contributed by atoms with Gasteiger partial charge in [-0.2, -0.15) is 5.10 Å². The van der Waals surface area contributed by atoms with E-state index in [1.807, 2.05) is 6.92 Å². The van der Waals surface area contributed by atoms with Crippen molar-refractivity contribution >= 4 is 0 Å². The standard InChI is InChI=1S/C12H23N3/c1-9-11(10(2)15-14-9)8-13-7-6-12(3,4)5/h13H,6-8H2,1-5H3,(H,14,15). The Balaban J connectivity index is 2.32. The zero-order chi connectivity index (χ0) is 11.5. The fraction of sp³-hybridized carbons (Fsp3) is 0.750. The summed E-state index contributed by atoms with van der Waals surface area (Å²) >= 11 is 0. The first kappa shape index (κ1) is 12.2. The molecular formula is C12H23N3. The van der Waals surface area contributed by atoms with Gasteiger partial charge in [0.25, 0.3) is 0 Å². The maximum Gasteiger partial charge on any atom is 0.0638 e. The SMILES string of the molecule is Cc1n[nH]c(C)c1CNCCC(C)(C)C. The third-order valence-corrected chi connectivity index (χ3v) is 2.63. The average Bonchev–Trinajstić information content (AvgIpc) is 2.40. The highest BCUT2D eigenvalue weighted by atomic mass is 15.1. The van der Waals surface area contributed by atoms with Crippen LogP contribution in [0.5, 0.6) is 0 Å². The zero-order valence-electron chi connectivity index (χ0n) is 10.6. The van der Waals surface area contributed by atoms with Crippen LogP contribution in [0.4, 0.5) is 0 Å². The van der Waals surface area contributed by atoms with E-state index >= 15 is 0 Å². The predicted molar refractivity (Wildman–Crippen MR) is 63.8 cm³/mol. The molecule has 15 heavy (non-hydrogen) atoms. The minimum absolute atomic E-state index is 0.410. The molecule has 0 bridgehead atoms. The third-order valence-electron chi connectivity index (χ3n) is 2.63. The lowest BCUT2D eigenvalue weighted by Crippen LogP contribution is -2.20. The van der Waals surface area contributed by atoms with Gasteiger partial charge in [-0.1, -0.05) is 20.8 Å². The van der Waals surface area contributed by atoms with Crippen LogP contribution in [-0.2, 0) is 6.54 Å². The Morgan fingerprint density at radius 3 is 2.40 bits per heavy atom. The van der Waals surface area contributed by atoms with Crippen molar-refractivity contribution in [3.63, 3.8) is 0 Å². The van der Waals surface area contributed by atoms with Crippen molar-refractivity contribution < 1.29 is 0 Å². The van der Waals surface area contributed by atoms with E-state index in [2.05, 4.69) is 43.2 Å². The Morgan fingerprint density at radius 2 is 1.93 bits per heavy atom. The van der Waals surface area contributed by atoms with Crippen LogP contribution >= 0.6 is 0 Å². The Kier molecular flexibility index (Phi) is 3.91. The van der Waals surface area contributed by atoms with Crippen molar-refractivity contribution in [2.75, 3.05) is 6.54 Å². The molecule has 1 rings (SSSR count). The summed E-state index contributed by atoms with van der Waals surface area (Å²) in [6, 6.07) is 0. The van der Waals surface area contributed by atoms with Crippen LogP contribution in [0.2, 0.25) is 0 Å². The molecule has 0 saturated carbocycles. The van der Waals surface area contributed by atoms with Gasteiger partial charge in [0.15, 0.2) is 0 Å². The number of aryl methyl sites for hydroxylation is 2. The van der Waals surface area contributed by atoms with E-state index in [0.717, 1.165) is 18.8 Å². The predicted octanol–water partition coefficient (Wildman–Crippen LogP) is 2.55. The highest BCUT2D eigenvalue weighted by molar-refractivity contribution is 5.22. The van der Waals surface area contributed by atoms with Crippen LogP contribution in [0, 0.1) is 19.3 Å². The lowest BCUT2D eigenvalue weighted by Gasteiger charge is -2.18. The number of H-pyrrole nitrogens is 1. The monoisotopic (exact) mass is 209 g/mol. The van der Waals surface area contributed by atoms with Crippen LogP contribution < -0.4 is 5.32 Å². The molecule has 1 aromatic rings. The summed E-state index contributed by atoms with van der Waals surface area (Å²) in [6.45, 7) is 12.9. The fourth-order valence-electron chi connectivity index (χ4n) is 1.51. The van der Waals surface area contributed by atoms with Crippen molar-refractivity contribution in [2.24, 2.45) is 5.41 Å². The summed E-state index contributed by atoms with van der Waals surface area (Å²) in [7, 11) is 0. The van der Waals surface area contributed by atoms with Gasteiger partial charge in [0.1, 0.15) is 0 Å². The zero-order valence-corrected chi connectivity index (χ0v) is 10.6. The smallest absolute Gasteiger partial charge is 0.0638 e. The van der Waals surface area contributed by atoms with Crippen LogP contribution in [0.25, 0.3) is 0 Å². The minimum atomic E-state index is 0.410. The quantitative estimate of drug-likeness (QED) is 0.748. The molecule has 0 unspecified atom stereocenters. The number of rotatable bonds is 4. The second kappa shape index (κ2) is 4.79. The van der Waals surface area contributed by atoms with Gasteiger partial charge in [0, 0.05) is 17.8 Å². The maximum absolute atomic E-state index is 4.18. The molecule has 3 heteroatoms. The van der Waals surface area contributed by atoms with Gasteiger partial charge in [0.05, 0.1) is 5.69 Å². The van der Waals surface area contributed by atoms with E-state index in [1.54, 1.807) is 0 Å². The van der Waals surface area contributed by atoms with E-state index in [4.69, 9.17) is 0 Å². The van der Waals surface area contributed by atoms with Crippen molar-refractivity contribution in [3.05, 3.63) is 17.0 Å². The summed E-state index contributed by atoms with van der Waals surface area (Å²) in [6.07, 6.45) is 1.20. The maximum atomic E-state index is 4.18. The van der Waals surface area contributed by atoms with Gasteiger partial charge in [-0.25, -0.2) is 0 Å². The molecule has 1 aromatic heterocycles. The molecule has 0 fully saturated rings. The molecule has 0 aliphatic heterocycles.